The van der Waals surface area contributed by atoms with Crippen LogP contribution in [0.2, 0.25) is 0 Å². The van der Waals surface area contributed by atoms with Gasteiger partial charge in [0.1, 0.15) is 17.8 Å². The Balaban J connectivity index is 1.22. The number of ether oxygens (including phenoxy) is 4. The fourth-order valence-corrected chi connectivity index (χ4v) is 8.92. The fraction of sp³-hybridized carbons (Fsp3) is 0.852. The van der Waals surface area contributed by atoms with E-state index >= 15 is 0 Å². The van der Waals surface area contributed by atoms with Crippen molar-refractivity contribution < 1.29 is 59.9 Å². The topological polar surface area (TPSA) is 160 Å². The molecule has 5 aliphatic rings. The van der Waals surface area contributed by atoms with Crippen LogP contribution in [-0.4, -0.2) is 66.0 Å². The highest BCUT2D eigenvalue weighted by Crippen LogP contribution is 2.71. The molecule has 0 amide bonds. The summed E-state index contributed by atoms with van der Waals surface area (Å²) in [6, 6.07) is 0. The number of rotatable bonds is 9. The molecule has 1 saturated heterocycles. The molecule has 5 rings (SSSR count). The van der Waals surface area contributed by atoms with Gasteiger partial charge in [-0.05, 0) is 50.9 Å². The van der Waals surface area contributed by atoms with Crippen molar-refractivity contribution in [1.82, 2.24) is 0 Å². The van der Waals surface area contributed by atoms with Crippen LogP contribution in [0.1, 0.15) is 73.1 Å². The second kappa shape index (κ2) is 9.32. The summed E-state index contributed by atoms with van der Waals surface area (Å²) in [4.78, 5) is 51.0. The number of fused-ring (bicyclic) bond motifs is 3. The lowest BCUT2D eigenvalue weighted by Gasteiger charge is -2.46. The molecule has 1 N–H and O–H groups in total. The summed E-state index contributed by atoms with van der Waals surface area (Å²) >= 11 is 0. The molecule has 14 heteroatoms. The van der Waals surface area contributed by atoms with Gasteiger partial charge in [-0.3, -0.25) is 23.7 Å². The van der Waals surface area contributed by atoms with Gasteiger partial charge in [-0.1, -0.05) is 20.8 Å². The molecule has 10 atom stereocenters. The molecule has 10 unspecified atom stereocenters. The third-order valence-electron chi connectivity index (χ3n) is 11.3. The van der Waals surface area contributed by atoms with Gasteiger partial charge in [-0.25, -0.2) is 0 Å². The minimum absolute atomic E-state index is 0.0205. The van der Waals surface area contributed by atoms with Crippen LogP contribution in [0.4, 0.5) is 8.78 Å². The molecule has 0 radical (unpaired) electrons. The molecule has 0 aromatic heterocycles. The molecular formula is C27H36F2O11S. The smallest absolute Gasteiger partial charge is 0.405 e. The molecule has 4 aliphatic carbocycles. The Bertz CT molecular complexity index is 1280. The van der Waals surface area contributed by atoms with Crippen molar-refractivity contribution in [2.45, 2.75) is 102 Å². The number of carbonyl (C=O) groups is 4. The van der Waals surface area contributed by atoms with E-state index in [1.54, 1.807) is 0 Å². The maximum absolute atomic E-state index is 13.7. The quantitative estimate of drug-likeness (QED) is 0.233. The lowest BCUT2D eigenvalue weighted by Crippen LogP contribution is -2.51. The van der Waals surface area contributed by atoms with Crippen molar-refractivity contribution in [3.05, 3.63) is 0 Å². The second-order valence-electron chi connectivity index (χ2n) is 13.3. The van der Waals surface area contributed by atoms with Crippen molar-refractivity contribution in [1.29, 1.82) is 0 Å². The zero-order chi connectivity index (χ0) is 30.5. The second-order valence-corrected chi connectivity index (χ2v) is 14.8. The molecule has 0 spiro atoms. The van der Waals surface area contributed by atoms with Crippen LogP contribution in [0.25, 0.3) is 0 Å². The summed E-state index contributed by atoms with van der Waals surface area (Å²) in [5.41, 5.74) is -0.969. The standard InChI is InChI=1S/C27H36F2O11S/c1-12(27(28,29)41(34,35)36)37-16(30)6-7-17(31)38-20-15-10-14-18(22(32)39-21(14)20)19(15)23(33)40-26(5)11-13-8-9-25(26,4)24(13,2)3/h12-15,18-21H,6-11H2,1-5H3,(H,34,35,36). The Hall–Kier alpha value is -2.35. The van der Waals surface area contributed by atoms with E-state index < -0.39 is 93.8 Å². The molecule has 230 valence electrons. The molecule has 0 aromatic rings. The summed E-state index contributed by atoms with van der Waals surface area (Å²) in [5.74, 6) is -5.23. The third kappa shape index (κ3) is 4.29. The molecule has 0 aromatic carbocycles. The summed E-state index contributed by atoms with van der Waals surface area (Å²) < 4.78 is 79.2. The molecule has 11 nitrogen and oxygen atoms in total. The molecule has 1 heterocycles. The van der Waals surface area contributed by atoms with Crippen molar-refractivity contribution in [3.8, 4) is 0 Å². The van der Waals surface area contributed by atoms with Gasteiger partial charge in [0.15, 0.2) is 6.10 Å². The van der Waals surface area contributed by atoms with E-state index in [0.29, 0.717) is 19.3 Å². The van der Waals surface area contributed by atoms with E-state index in [4.69, 9.17) is 18.8 Å². The van der Waals surface area contributed by atoms with Crippen LogP contribution in [-0.2, 0) is 48.2 Å². The van der Waals surface area contributed by atoms with Crippen molar-refractivity contribution in [2.24, 2.45) is 40.4 Å². The Morgan fingerprint density at radius 3 is 2.32 bits per heavy atom. The predicted octanol–water partition coefficient (Wildman–Crippen LogP) is 3.05. The van der Waals surface area contributed by atoms with E-state index in [2.05, 4.69) is 25.5 Å². The van der Waals surface area contributed by atoms with Gasteiger partial charge in [0, 0.05) is 17.3 Å². The van der Waals surface area contributed by atoms with Crippen LogP contribution in [0.15, 0.2) is 0 Å². The summed E-state index contributed by atoms with van der Waals surface area (Å²) in [5, 5.41) is -4.74. The average Bonchev–Trinajstić information content (AvgIpc) is 3.55. The van der Waals surface area contributed by atoms with Crippen LogP contribution in [0.5, 0.6) is 0 Å². The van der Waals surface area contributed by atoms with Gasteiger partial charge >= 0.3 is 39.2 Å². The maximum Gasteiger partial charge on any atom is 0.405 e. The van der Waals surface area contributed by atoms with E-state index in [-0.39, 0.29) is 16.7 Å². The zero-order valence-electron chi connectivity index (χ0n) is 23.6. The van der Waals surface area contributed by atoms with Gasteiger partial charge < -0.3 is 18.9 Å². The first-order valence-electron chi connectivity index (χ1n) is 13.9. The van der Waals surface area contributed by atoms with Crippen LogP contribution >= 0.6 is 0 Å². The number of esters is 4. The van der Waals surface area contributed by atoms with Crippen LogP contribution < -0.4 is 0 Å². The molecular weight excluding hydrogens is 570 g/mol. The zero-order valence-corrected chi connectivity index (χ0v) is 24.4. The Morgan fingerprint density at radius 2 is 1.76 bits per heavy atom. The van der Waals surface area contributed by atoms with Crippen molar-refractivity contribution in [3.63, 3.8) is 0 Å². The molecule has 5 fully saturated rings. The summed E-state index contributed by atoms with van der Waals surface area (Å²) in [7, 11) is -5.83. The van der Waals surface area contributed by atoms with Crippen LogP contribution in [0, 0.1) is 40.4 Å². The molecule has 1 aliphatic heterocycles. The summed E-state index contributed by atoms with van der Waals surface area (Å²) in [6.45, 7) is 9.09. The Morgan fingerprint density at radius 1 is 1.12 bits per heavy atom. The van der Waals surface area contributed by atoms with E-state index in [9.17, 15) is 36.4 Å². The first kappa shape index (κ1) is 30.1. The van der Waals surface area contributed by atoms with Gasteiger partial charge in [-0.15, -0.1) is 0 Å². The Labute approximate surface area is 236 Å². The van der Waals surface area contributed by atoms with Crippen molar-refractivity contribution >= 4 is 34.0 Å². The number of alkyl halides is 2. The SMILES string of the molecule is CC(OC(=O)CCC(=O)OC1C2CC3C1OC(=O)C3C2C(=O)OC1(C)CC2CCC1(C)C2(C)C)C(F)(F)S(=O)(=O)O. The third-order valence-corrected chi connectivity index (χ3v) is 12.3. The fourth-order valence-electron chi connectivity index (χ4n) is 8.46. The van der Waals surface area contributed by atoms with E-state index in [0.717, 1.165) is 19.3 Å². The van der Waals surface area contributed by atoms with E-state index in [1.165, 1.54) is 0 Å². The highest BCUT2D eigenvalue weighted by Gasteiger charge is 2.72. The lowest BCUT2D eigenvalue weighted by atomic mass is 9.65. The molecule has 41 heavy (non-hydrogen) atoms. The highest BCUT2D eigenvalue weighted by atomic mass is 32.2. The molecule has 4 saturated carbocycles. The number of halogens is 2. The number of carbonyl (C=O) groups excluding carboxylic acids is 4. The van der Waals surface area contributed by atoms with Gasteiger partial charge in [-0.2, -0.15) is 17.2 Å². The minimum atomic E-state index is -5.83. The van der Waals surface area contributed by atoms with Gasteiger partial charge in [0.05, 0.1) is 24.7 Å². The first-order chi connectivity index (χ1) is 18.7. The largest absolute Gasteiger partial charge is 0.459 e. The highest BCUT2D eigenvalue weighted by molar-refractivity contribution is 7.86. The monoisotopic (exact) mass is 606 g/mol. The Kier molecular flexibility index (Phi) is 6.85. The number of hydrogen-bond acceptors (Lipinski definition) is 10. The van der Waals surface area contributed by atoms with Crippen LogP contribution in [0.3, 0.4) is 0 Å². The maximum atomic E-state index is 13.7. The normalized spacial score (nSPS) is 40.8. The van der Waals surface area contributed by atoms with Crippen molar-refractivity contribution in [2.75, 3.05) is 0 Å². The molecule has 4 bridgehead atoms. The van der Waals surface area contributed by atoms with Gasteiger partial charge in [0.25, 0.3) is 0 Å². The summed E-state index contributed by atoms with van der Waals surface area (Å²) in [6.07, 6.45) is -2.34. The number of hydrogen-bond donors (Lipinski definition) is 1. The first-order valence-corrected chi connectivity index (χ1v) is 15.4. The average molecular weight is 607 g/mol. The predicted molar refractivity (Wildman–Crippen MR) is 133 cm³/mol. The van der Waals surface area contributed by atoms with Gasteiger partial charge in [0.2, 0.25) is 0 Å². The minimum Gasteiger partial charge on any atom is -0.459 e. The lowest BCUT2D eigenvalue weighted by molar-refractivity contribution is -0.187. The van der Waals surface area contributed by atoms with E-state index in [1.807, 2.05) is 6.92 Å².